The van der Waals surface area contributed by atoms with E-state index in [0.29, 0.717) is 18.5 Å². The molecule has 0 bridgehead atoms. The maximum absolute atomic E-state index is 11.3. The second kappa shape index (κ2) is 6.11. The van der Waals surface area contributed by atoms with Crippen molar-refractivity contribution < 1.29 is 9.53 Å². The summed E-state index contributed by atoms with van der Waals surface area (Å²) in [4.78, 5) is 15.2. The quantitative estimate of drug-likeness (QED) is 0.478. The first-order valence-electron chi connectivity index (χ1n) is 4.62. The monoisotopic (exact) mass is 238 g/mol. The largest absolute Gasteiger partial charge is 0.465 e. The van der Waals surface area contributed by atoms with Crippen molar-refractivity contribution >= 4 is 17.6 Å². The minimum atomic E-state index is -0.528. The summed E-state index contributed by atoms with van der Waals surface area (Å²) in [6.07, 6.45) is 2.09. The highest BCUT2D eigenvalue weighted by molar-refractivity contribution is 6.32. The lowest BCUT2D eigenvalue weighted by Crippen LogP contribution is -2.03. The maximum Gasteiger partial charge on any atom is 0.341 e. The van der Waals surface area contributed by atoms with Gasteiger partial charge in [-0.25, -0.2) is 9.78 Å². The van der Waals surface area contributed by atoms with Gasteiger partial charge in [-0.2, -0.15) is 0 Å². The highest BCUT2D eigenvalue weighted by atomic mass is 35.5. The standard InChI is InChI=1S/C11H11ClN2O2/c1-16-11(15)9-6-8(4-2-3-5-13)7-14-10(9)12/h6-7H,3,5,13H2,1H3. The molecular formula is C11H11ClN2O2. The number of ether oxygens (including phenoxy) is 1. The number of rotatable bonds is 2. The van der Waals surface area contributed by atoms with E-state index in [4.69, 9.17) is 17.3 Å². The molecule has 0 aromatic carbocycles. The zero-order valence-electron chi connectivity index (χ0n) is 8.79. The molecule has 0 saturated carbocycles. The van der Waals surface area contributed by atoms with Crippen molar-refractivity contribution in [1.29, 1.82) is 0 Å². The van der Waals surface area contributed by atoms with Crippen LogP contribution in [0.5, 0.6) is 0 Å². The molecule has 0 aliphatic heterocycles. The van der Waals surface area contributed by atoms with Gasteiger partial charge in [-0.05, 0) is 6.07 Å². The van der Waals surface area contributed by atoms with Gasteiger partial charge < -0.3 is 10.5 Å². The number of hydrogen-bond acceptors (Lipinski definition) is 4. The maximum atomic E-state index is 11.3. The first-order chi connectivity index (χ1) is 7.69. The van der Waals surface area contributed by atoms with Gasteiger partial charge in [-0.3, -0.25) is 0 Å². The molecule has 2 N–H and O–H groups in total. The minimum absolute atomic E-state index is 0.108. The Morgan fingerprint density at radius 2 is 2.44 bits per heavy atom. The molecule has 1 aromatic heterocycles. The van der Waals surface area contributed by atoms with Crippen LogP contribution in [0.1, 0.15) is 22.3 Å². The lowest BCUT2D eigenvalue weighted by atomic mass is 10.2. The summed E-state index contributed by atoms with van der Waals surface area (Å²) in [6.45, 7) is 0.498. The molecule has 16 heavy (non-hydrogen) atoms. The fourth-order valence-corrected chi connectivity index (χ4v) is 1.19. The van der Waals surface area contributed by atoms with Crippen molar-refractivity contribution in [3.63, 3.8) is 0 Å². The second-order valence-corrected chi connectivity index (χ2v) is 3.25. The lowest BCUT2D eigenvalue weighted by Gasteiger charge is -2.01. The number of halogens is 1. The number of aromatic nitrogens is 1. The molecule has 84 valence electrons. The molecule has 0 unspecified atom stereocenters. The normalized spacial score (nSPS) is 9.19. The first kappa shape index (κ1) is 12.5. The summed E-state index contributed by atoms with van der Waals surface area (Å²) in [5.74, 6) is 5.15. The SMILES string of the molecule is COC(=O)c1cc(C#CCCN)cnc1Cl. The van der Waals surface area contributed by atoms with Gasteiger partial charge in [0.05, 0.1) is 12.7 Å². The number of carbonyl (C=O) groups is 1. The molecule has 1 heterocycles. The lowest BCUT2D eigenvalue weighted by molar-refractivity contribution is 0.0600. The number of nitrogens with zero attached hydrogens (tertiary/aromatic N) is 1. The Morgan fingerprint density at radius 3 is 3.06 bits per heavy atom. The van der Waals surface area contributed by atoms with Gasteiger partial charge in [0.15, 0.2) is 0 Å². The molecule has 0 spiro atoms. The smallest absolute Gasteiger partial charge is 0.341 e. The number of pyridine rings is 1. The zero-order chi connectivity index (χ0) is 12.0. The Kier molecular flexibility index (Phi) is 4.77. The topological polar surface area (TPSA) is 65.2 Å². The predicted octanol–water partition coefficient (Wildman–Crippen LogP) is 1.22. The number of hydrogen-bond donors (Lipinski definition) is 1. The molecule has 5 heteroatoms. The summed E-state index contributed by atoms with van der Waals surface area (Å²) >= 11 is 5.75. The van der Waals surface area contributed by atoms with E-state index in [-0.39, 0.29) is 10.7 Å². The number of carbonyl (C=O) groups excluding carboxylic acids is 1. The van der Waals surface area contributed by atoms with Crippen LogP contribution in [0, 0.1) is 11.8 Å². The average Bonchev–Trinajstić information content (AvgIpc) is 2.30. The molecule has 0 aliphatic rings. The van der Waals surface area contributed by atoms with Crippen LogP contribution in [0.4, 0.5) is 0 Å². The number of methoxy groups -OCH3 is 1. The molecule has 0 aliphatic carbocycles. The second-order valence-electron chi connectivity index (χ2n) is 2.89. The predicted molar refractivity (Wildman–Crippen MR) is 61.1 cm³/mol. The van der Waals surface area contributed by atoms with Gasteiger partial charge >= 0.3 is 5.97 Å². The zero-order valence-corrected chi connectivity index (χ0v) is 9.54. The summed E-state index contributed by atoms with van der Waals surface area (Å²) in [7, 11) is 1.28. The summed E-state index contributed by atoms with van der Waals surface area (Å²) in [5.41, 5.74) is 6.12. The molecule has 0 fully saturated rings. The third kappa shape index (κ3) is 3.23. The molecule has 0 atom stereocenters. The van der Waals surface area contributed by atoms with Crippen molar-refractivity contribution in [3.8, 4) is 11.8 Å². The molecule has 0 saturated heterocycles. The van der Waals surface area contributed by atoms with Crippen LogP contribution in [0.15, 0.2) is 12.3 Å². The van der Waals surface area contributed by atoms with Crippen molar-refractivity contribution in [2.24, 2.45) is 5.73 Å². The molecule has 1 aromatic rings. The van der Waals surface area contributed by atoms with Gasteiger partial charge in [0.25, 0.3) is 0 Å². The van der Waals surface area contributed by atoms with E-state index in [9.17, 15) is 4.79 Å². The number of nitrogens with two attached hydrogens (primary N) is 1. The van der Waals surface area contributed by atoms with E-state index in [2.05, 4.69) is 21.6 Å². The van der Waals surface area contributed by atoms with Crippen LogP contribution in [0.25, 0.3) is 0 Å². The van der Waals surface area contributed by atoms with Crippen LogP contribution in [-0.2, 0) is 4.74 Å². The van der Waals surface area contributed by atoms with Crippen LogP contribution >= 0.6 is 11.6 Å². The highest BCUT2D eigenvalue weighted by Gasteiger charge is 2.11. The van der Waals surface area contributed by atoms with E-state index < -0.39 is 5.97 Å². The fraction of sp³-hybridized carbons (Fsp3) is 0.273. The van der Waals surface area contributed by atoms with Gasteiger partial charge in [-0.1, -0.05) is 23.4 Å². The van der Waals surface area contributed by atoms with Crippen molar-refractivity contribution in [3.05, 3.63) is 28.5 Å². The Balaban J connectivity index is 2.99. The Labute approximate surface area is 98.8 Å². The Hall–Kier alpha value is -1.57. The third-order valence-corrected chi connectivity index (χ3v) is 2.05. The van der Waals surface area contributed by atoms with Crippen molar-refractivity contribution in [1.82, 2.24) is 4.98 Å². The average molecular weight is 239 g/mol. The van der Waals surface area contributed by atoms with Crippen molar-refractivity contribution in [2.75, 3.05) is 13.7 Å². The summed E-state index contributed by atoms with van der Waals surface area (Å²) in [6, 6.07) is 1.55. The highest BCUT2D eigenvalue weighted by Crippen LogP contribution is 2.14. The molecule has 0 amide bonds. The van der Waals surface area contributed by atoms with Gasteiger partial charge in [0, 0.05) is 24.7 Å². The fourth-order valence-electron chi connectivity index (χ4n) is 1.01. The van der Waals surface area contributed by atoms with E-state index in [1.165, 1.54) is 13.3 Å². The molecule has 4 nitrogen and oxygen atoms in total. The minimum Gasteiger partial charge on any atom is -0.465 e. The summed E-state index contributed by atoms with van der Waals surface area (Å²) in [5, 5.41) is 0.108. The summed E-state index contributed by atoms with van der Waals surface area (Å²) < 4.78 is 4.57. The van der Waals surface area contributed by atoms with Crippen molar-refractivity contribution in [2.45, 2.75) is 6.42 Å². The van der Waals surface area contributed by atoms with E-state index >= 15 is 0 Å². The first-order valence-corrected chi connectivity index (χ1v) is 4.99. The Bertz CT molecular complexity index is 449. The van der Waals surface area contributed by atoms with Crippen LogP contribution in [-0.4, -0.2) is 24.6 Å². The molecule has 1 rings (SSSR count). The van der Waals surface area contributed by atoms with E-state index in [1.54, 1.807) is 6.07 Å². The van der Waals surface area contributed by atoms with Gasteiger partial charge in [-0.15, -0.1) is 0 Å². The van der Waals surface area contributed by atoms with Gasteiger partial charge in [0.2, 0.25) is 0 Å². The van der Waals surface area contributed by atoms with E-state index in [1.807, 2.05) is 0 Å². The van der Waals surface area contributed by atoms with Crippen LogP contribution in [0.3, 0.4) is 0 Å². The Morgan fingerprint density at radius 1 is 1.69 bits per heavy atom. The van der Waals surface area contributed by atoms with E-state index in [0.717, 1.165) is 0 Å². The van der Waals surface area contributed by atoms with Crippen LogP contribution < -0.4 is 5.73 Å². The molecule has 0 radical (unpaired) electrons. The van der Waals surface area contributed by atoms with Gasteiger partial charge in [0.1, 0.15) is 5.15 Å². The third-order valence-electron chi connectivity index (χ3n) is 1.75. The number of esters is 1. The molecular weight excluding hydrogens is 228 g/mol. The van der Waals surface area contributed by atoms with Crippen LogP contribution in [0.2, 0.25) is 5.15 Å².